The van der Waals surface area contributed by atoms with Crippen LogP contribution in [0, 0.1) is 0 Å². The molecule has 1 amide bonds. The van der Waals surface area contributed by atoms with Gasteiger partial charge >= 0.3 is 0 Å². The van der Waals surface area contributed by atoms with E-state index in [0.29, 0.717) is 12.2 Å². The molecular formula is C15H14N2O2. The molecule has 1 aliphatic heterocycles. The molecule has 2 aromatic carbocycles. The van der Waals surface area contributed by atoms with E-state index in [9.17, 15) is 9.90 Å². The topological polar surface area (TPSA) is 61.4 Å². The highest BCUT2D eigenvalue weighted by Crippen LogP contribution is 2.31. The van der Waals surface area contributed by atoms with Crippen LogP contribution in [0.3, 0.4) is 0 Å². The summed E-state index contributed by atoms with van der Waals surface area (Å²) in [6.07, 6.45) is 0. The van der Waals surface area contributed by atoms with Crippen molar-refractivity contribution in [3.05, 3.63) is 54.1 Å². The number of fused-ring (bicyclic) bond motifs is 1. The molecule has 4 heteroatoms. The van der Waals surface area contributed by atoms with Crippen LogP contribution in [0.25, 0.3) is 0 Å². The number of phenolic OH excluding ortho intramolecular Hbond substituents is 1. The third-order valence-electron chi connectivity index (χ3n) is 3.26. The Morgan fingerprint density at radius 1 is 1.21 bits per heavy atom. The molecule has 3 N–H and O–H groups in total. The van der Waals surface area contributed by atoms with Crippen molar-refractivity contribution in [2.45, 2.75) is 5.92 Å². The van der Waals surface area contributed by atoms with Gasteiger partial charge in [0.25, 0.3) is 0 Å². The van der Waals surface area contributed by atoms with Gasteiger partial charge in [0.1, 0.15) is 5.75 Å². The van der Waals surface area contributed by atoms with Crippen molar-refractivity contribution in [2.75, 3.05) is 17.2 Å². The van der Waals surface area contributed by atoms with Crippen LogP contribution in [0.15, 0.2) is 48.5 Å². The number of rotatable bonds is 2. The molecule has 0 bridgehead atoms. The highest BCUT2D eigenvalue weighted by molar-refractivity contribution is 5.98. The van der Waals surface area contributed by atoms with Gasteiger partial charge in [0.2, 0.25) is 5.91 Å². The summed E-state index contributed by atoms with van der Waals surface area (Å²) in [6.45, 7) is 0.601. The van der Waals surface area contributed by atoms with E-state index in [-0.39, 0.29) is 17.6 Å². The Hall–Kier alpha value is -2.49. The molecule has 0 fully saturated rings. The number of carbonyl (C=O) groups is 1. The highest BCUT2D eigenvalue weighted by atomic mass is 16.3. The predicted octanol–water partition coefficient (Wildman–Crippen LogP) is 2.54. The monoisotopic (exact) mass is 254 g/mol. The Morgan fingerprint density at radius 3 is 2.89 bits per heavy atom. The number of benzene rings is 2. The number of hydrogen-bond donors (Lipinski definition) is 3. The van der Waals surface area contributed by atoms with Gasteiger partial charge in [0.15, 0.2) is 0 Å². The van der Waals surface area contributed by atoms with Crippen molar-refractivity contribution in [1.29, 1.82) is 0 Å². The number of nitrogens with one attached hydrogen (secondary N) is 2. The van der Waals surface area contributed by atoms with Crippen LogP contribution in [0.4, 0.5) is 11.4 Å². The normalized spacial score (nSPS) is 16.5. The average molecular weight is 254 g/mol. The van der Waals surface area contributed by atoms with Gasteiger partial charge in [-0.3, -0.25) is 4.79 Å². The fourth-order valence-electron chi connectivity index (χ4n) is 2.33. The smallest absolute Gasteiger partial charge is 0.233 e. The second kappa shape index (κ2) is 4.65. The molecule has 4 nitrogen and oxygen atoms in total. The van der Waals surface area contributed by atoms with Crippen molar-refractivity contribution in [2.24, 2.45) is 0 Å². The van der Waals surface area contributed by atoms with Crippen LogP contribution >= 0.6 is 0 Å². The summed E-state index contributed by atoms with van der Waals surface area (Å²) in [5, 5.41) is 15.4. The van der Waals surface area contributed by atoms with Crippen LogP contribution in [-0.4, -0.2) is 17.6 Å². The van der Waals surface area contributed by atoms with Gasteiger partial charge in [-0.15, -0.1) is 0 Å². The van der Waals surface area contributed by atoms with Crippen molar-refractivity contribution in [3.8, 4) is 5.75 Å². The summed E-state index contributed by atoms with van der Waals surface area (Å²) in [6, 6.07) is 14.4. The van der Waals surface area contributed by atoms with Crippen molar-refractivity contribution >= 4 is 17.3 Å². The lowest BCUT2D eigenvalue weighted by molar-refractivity contribution is -0.117. The number of phenols is 1. The van der Waals surface area contributed by atoms with E-state index in [2.05, 4.69) is 10.6 Å². The first-order valence-corrected chi connectivity index (χ1v) is 6.17. The quantitative estimate of drug-likeness (QED) is 0.771. The van der Waals surface area contributed by atoms with E-state index in [0.717, 1.165) is 11.3 Å². The number of hydrogen-bond acceptors (Lipinski definition) is 3. The number of para-hydroxylation sites is 1. The van der Waals surface area contributed by atoms with Gasteiger partial charge in [-0.1, -0.05) is 24.3 Å². The third kappa shape index (κ3) is 2.25. The van der Waals surface area contributed by atoms with Gasteiger partial charge in [0, 0.05) is 24.0 Å². The Labute approximate surface area is 111 Å². The molecule has 0 aromatic heterocycles. The Morgan fingerprint density at radius 2 is 2.05 bits per heavy atom. The molecule has 1 heterocycles. The Bertz CT molecular complexity index is 625. The molecule has 96 valence electrons. The predicted molar refractivity (Wildman–Crippen MR) is 74.4 cm³/mol. The molecule has 0 aliphatic carbocycles. The fourth-order valence-corrected chi connectivity index (χ4v) is 2.33. The number of anilines is 2. The van der Waals surface area contributed by atoms with Gasteiger partial charge in [-0.25, -0.2) is 0 Å². The zero-order chi connectivity index (χ0) is 13.2. The largest absolute Gasteiger partial charge is 0.508 e. The molecule has 0 saturated heterocycles. The van der Waals surface area contributed by atoms with E-state index in [1.165, 1.54) is 6.07 Å². The molecule has 0 radical (unpaired) electrons. The molecule has 1 atom stereocenters. The van der Waals surface area contributed by atoms with Crippen LogP contribution in [0.1, 0.15) is 11.5 Å². The Kier molecular flexibility index (Phi) is 2.83. The summed E-state index contributed by atoms with van der Waals surface area (Å²) >= 11 is 0. The van der Waals surface area contributed by atoms with Gasteiger partial charge in [-0.05, 0) is 23.8 Å². The molecule has 2 aromatic rings. The molecule has 3 rings (SSSR count). The lowest BCUT2D eigenvalue weighted by atomic mass is 10.0. The number of aromatic hydroxyl groups is 1. The van der Waals surface area contributed by atoms with Crippen LogP contribution in [-0.2, 0) is 4.79 Å². The summed E-state index contributed by atoms with van der Waals surface area (Å²) < 4.78 is 0. The molecule has 1 unspecified atom stereocenters. The van der Waals surface area contributed by atoms with E-state index in [1.807, 2.05) is 24.3 Å². The highest BCUT2D eigenvalue weighted by Gasteiger charge is 2.28. The molecular weight excluding hydrogens is 240 g/mol. The van der Waals surface area contributed by atoms with Crippen molar-refractivity contribution in [3.63, 3.8) is 0 Å². The summed E-state index contributed by atoms with van der Waals surface area (Å²) in [5.74, 6) is -0.121. The van der Waals surface area contributed by atoms with E-state index < -0.39 is 0 Å². The maximum absolute atomic E-state index is 12.3. The van der Waals surface area contributed by atoms with Crippen molar-refractivity contribution < 1.29 is 9.90 Å². The maximum Gasteiger partial charge on any atom is 0.233 e. The van der Waals surface area contributed by atoms with Crippen LogP contribution in [0.2, 0.25) is 0 Å². The van der Waals surface area contributed by atoms with Gasteiger partial charge < -0.3 is 15.7 Å². The van der Waals surface area contributed by atoms with E-state index >= 15 is 0 Å². The lowest BCUT2D eigenvalue weighted by Crippen LogP contribution is -2.22. The second-order valence-corrected chi connectivity index (χ2v) is 4.56. The average Bonchev–Trinajstić information content (AvgIpc) is 2.82. The maximum atomic E-state index is 12.3. The molecule has 19 heavy (non-hydrogen) atoms. The molecule has 1 aliphatic rings. The standard InChI is InChI=1S/C15H14N2O2/c18-11-5-3-4-10(8-11)17-15(19)13-9-16-14-7-2-1-6-12(13)14/h1-8,13,16,18H,9H2,(H,17,19). The number of amides is 1. The first-order valence-electron chi connectivity index (χ1n) is 6.17. The zero-order valence-corrected chi connectivity index (χ0v) is 10.3. The van der Waals surface area contributed by atoms with Gasteiger partial charge in [0.05, 0.1) is 5.92 Å². The lowest BCUT2D eigenvalue weighted by Gasteiger charge is -2.11. The minimum atomic E-state index is -0.196. The molecule has 0 saturated carbocycles. The minimum absolute atomic E-state index is 0.0666. The van der Waals surface area contributed by atoms with E-state index in [4.69, 9.17) is 0 Å². The summed E-state index contributed by atoms with van der Waals surface area (Å²) in [4.78, 5) is 12.3. The fraction of sp³-hybridized carbons (Fsp3) is 0.133. The van der Waals surface area contributed by atoms with Crippen molar-refractivity contribution in [1.82, 2.24) is 0 Å². The number of carbonyl (C=O) groups excluding carboxylic acids is 1. The summed E-state index contributed by atoms with van der Waals surface area (Å²) in [5.41, 5.74) is 2.63. The first-order chi connectivity index (χ1) is 9.24. The Balaban J connectivity index is 1.79. The zero-order valence-electron chi connectivity index (χ0n) is 10.3. The minimum Gasteiger partial charge on any atom is -0.508 e. The van der Waals surface area contributed by atoms with Crippen LogP contribution in [0.5, 0.6) is 5.75 Å². The summed E-state index contributed by atoms with van der Waals surface area (Å²) in [7, 11) is 0. The van der Waals surface area contributed by atoms with Gasteiger partial charge in [-0.2, -0.15) is 0 Å². The molecule has 0 spiro atoms. The second-order valence-electron chi connectivity index (χ2n) is 4.56. The first kappa shape index (κ1) is 11.6. The third-order valence-corrected chi connectivity index (χ3v) is 3.26. The SMILES string of the molecule is O=C(Nc1cccc(O)c1)C1CNc2ccccc21. The van der Waals surface area contributed by atoms with E-state index in [1.54, 1.807) is 18.2 Å². The van der Waals surface area contributed by atoms with Crippen LogP contribution < -0.4 is 10.6 Å².